The van der Waals surface area contributed by atoms with E-state index in [0.717, 1.165) is 5.56 Å². The van der Waals surface area contributed by atoms with Crippen LogP contribution in [0.5, 0.6) is 0 Å². The molecular weight excluding hydrogens is 286 g/mol. The van der Waals surface area contributed by atoms with E-state index in [1.165, 1.54) is 16.9 Å². The highest BCUT2D eigenvalue weighted by molar-refractivity contribution is 7.13. The largest absolute Gasteiger partial charge is 0.466 e. The number of carbonyl (C=O) groups is 1. The van der Waals surface area contributed by atoms with Gasteiger partial charge in [-0.15, -0.1) is 11.3 Å². The maximum absolute atomic E-state index is 11.3. The predicted molar refractivity (Wildman–Crippen MR) is 84.8 cm³/mol. The molecule has 0 aliphatic rings. The molecule has 0 saturated carbocycles. The van der Waals surface area contributed by atoms with Crippen molar-refractivity contribution in [3.63, 3.8) is 0 Å². The van der Waals surface area contributed by atoms with Crippen molar-refractivity contribution in [1.82, 2.24) is 4.98 Å². The molecule has 1 aromatic carbocycles. The van der Waals surface area contributed by atoms with Gasteiger partial charge in [-0.1, -0.05) is 29.8 Å². The monoisotopic (exact) mass is 303 g/mol. The first-order valence-electron chi connectivity index (χ1n) is 6.63. The SMILES string of the molecule is CCOC(=O)Cc1csc(NN=Cc2ccc(C)cc2)n1. The second kappa shape index (κ2) is 7.54. The van der Waals surface area contributed by atoms with Crippen LogP contribution in [0.1, 0.15) is 23.7 Å². The fraction of sp³-hybridized carbons (Fsp3) is 0.267. The van der Waals surface area contributed by atoms with Crippen molar-refractivity contribution in [3.8, 4) is 0 Å². The molecular formula is C15H17N3O2S. The molecule has 0 bridgehead atoms. The Kier molecular flexibility index (Phi) is 5.45. The van der Waals surface area contributed by atoms with E-state index in [1.807, 2.05) is 36.6 Å². The molecule has 2 rings (SSSR count). The molecule has 21 heavy (non-hydrogen) atoms. The molecule has 0 aliphatic carbocycles. The van der Waals surface area contributed by atoms with Crippen molar-refractivity contribution in [2.45, 2.75) is 20.3 Å². The zero-order valence-electron chi connectivity index (χ0n) is 12.0. The van der Waals surface area contributed by atoms with Gasteiger partial charge in [0.05, 0.1) is 24.9 Å². The van der Waals surface area contributed by atoms with Crippen LogP contribution in [0.15, 0.2) is 34.7 Å². The Morgan fingerprint density at radius 2 is 2.19 bits per heavy atom. The van der Waals surface area contributed by atoms with E-state index < -0.39 is 0 Å². The third-order valence-corrected chi connectivity index (χ3v) is 3.43. The number of hydrazone groups is 1. The number of hydrogen-bond acceptors (Lipinski definition) is 6. The molecule has 110 valence electrons. The maximum Gasteiger partial charge on any atom is 0.311 e. The topological polar surface area (TPSA) is 63.6 Å². The second-order valence-electron chi connectivity index (χ2n) is 4.41. The summed E-state index contributed by atoms with van der Waals surface area (Å²) in [5.74, 6) is -0.266. The van der Waals surface area contributed by atoms with Gasteiger partial charge in [0.2, 0.25) is 5.13 Å². The minimum Gasteiger partial charge on any atom is -0.466 e. The normalized spacial score (nSPS) is 10.8. The Balaban J connectivity index is 1.87. The summed E-state index contributed by atoms with van der Waals surface area (Å²) in [5, 5.41) is 6.60. The van der Waals surface area contributed by atoms with Gasteiger partial charge in [-0.25, -0.2) is 4.98 Å². The fourth-order valence-corrected chi connectivity index (χ4v) is 2.27. The van der Waals surface area contributed by atoms with Gasteiger partial charge in [-0.3, -0.25) is 10.2 Å². The number of nitrogens with zero attached hydrogens (tertiary/aromatic N) is 2. The number of aryl methyl sites for hydroxylation is 1. The molecule has 0 aliphatic heterocycles. The minimum absolute atomic E-state index is 0.188. The van der Waals surface area contributed by atoms with E-state index in [9.17, 15) is 4.79 Å². The highest BCUT2D eigenvalue weighted by Crippen LogP contribution is 2.16. The summed E-state index contributed by atoms with van der Waals surface area (Å²) in [6.45, 7) is 4.21. The summed E-state index contributed by atoms with van der Waals surface area (Å²) in [5.41, 5.74) is 5.77. The van der Waals surface area contributed by atoms with Crippen molar-refractivity contribution >= 4 is 28.7 Å². The molecule has 0 unspecified atom stereocenters. The molecule has 0 fully saturated rings. The van der Waals surface area contributed by atoms with Gasteiger partial charge >= 0.3 is 5.97 Å². The van der Waals surface area contributed by atoms with Gasteiger partial charge in [0, 0.05) is 5.38 Å². The first-order chi connectivity index (χ1) is 10.2. The van der Waals surface area contributed by atoms with Gasteiger partial charge in [-0.2, -0.15) is 5.10 Å². The van der Waals surface area contributed by atoms with Crippen LogP contribution in [-0.2, 0) is 16.0 Å². The number of esters is 1. The van der Waals surface area contributed by atoms with Crippen LogP contribution in [0, 0.1) is 6.92 Å². The van der Waals surface area contributed by atoms with Crippen molar-refractivity contribution in [2.24, 2.45) is 5.10 Å². The van der Waals surface area contributed by atoms with Crippen LogP contribution in [0.2, 0.25) is 0 Å². The number of carbonyl (C=O) groups excluding carboxylic acids is 1. The van der Waals surface area contributed by atoms with E-state index in [4.69, 9.17) is 4.74 Å². The van der Waals surface area contributed by atoms with E-state index in [1.54, 1.807) is 13.1 Å². The highest BCUT2D eigenvalue weighted by Gasteiger charge is 2.07. The molecule has 5 nitrogen and oxygen atoms in total. The van der Waals surface area contributed by atoms with Crippen molar-refractivity contribution in [2.75, 3.05) is 12.0 Å². The van der Waals surface area contributed by atoms with Gasteiger partial charge in [0.1, 0.15) is 0 Å². The van der Waals surface area contributed by atoms with Gasteiger partial charge in [0.25, 0.3) is 0 Å². The lowest BCUT2D eigenvalue weighted by Gasteiger charge is -1.98. The molecule has 0 saturated heterocycles. The smallest absolute Gasteiger partial charge is 0.311 e. The fourth-order valence-electron chi connectivity index (χ4n) is 1.61. The van der Waals surface area contributed by atoms with E-state index in [2.05, 4.69) is 15.5 Å². The number of ether oxygens (including phenoxy) is 1. The van der Waals surface area contributed by atoms with Gasteiger partial charge in [0.15, 0.2) is 0 Å². The standard InChI is InChI=1S/C15H17N3O2S/c1-3-20-14(19)8-13-10-21-15(17-13)18-16-9-12-6-4-11(2)5-7-12/h4-7,9-10H,3,8H2,1-2H3,(H,17,18). The zero-order valence-corrected chi connectivity index (χ0v) is 12.8. The second-order valence-corrected chi connectivity index (χ2v) is 5.26. The molecule has 0 atom stereocenters. The Morgan fingerprint density at radius 3 is 2.90 bits per heavy atom. The first-order valence-corrected chi connectivity index (χ1v) is 7.51. The number of anilines is 1. The Morgan fingerprint density at radius 1 is 1.43 bits per heavy atom. The van der Waals surface area contributed by atoms with Crippen LogP contribution in [0.25, 0.3) is 0 Å². The molecule has 2 aromatic rings. The number of benzene rings is 1. The van der Waals surface area contributed by atoms with Crippen LogP contribution in [0.4, 0.5) is 5.13 Å². The van der Waals surface area contributed by atoms with E-state index in [0.29, 0.717) is 17.4 Å². The van der Waals surface area contributed by atoms with Crippen LogP contribution < -0.4 is 5.43 Å². The van der Waals surface area contributed by atoms with Crippen LogP contribution in [-0.4, -0.2) is 23.8 Å². The third kappa shape index (κ3) is 5.00. The molecule has 6 heteroatoms. The van der Waals surface area contributed by atoms with Gasteiger partial charge in [-0.05, 0) is 19.4 Å². The van der Waals surface area contributed by atoms with Crippen molar-refractivity contribution in [1.29, 1.82) is 0 Å². The quantitative estimate of drug-likeness (QED) is 0.506. The number of nitrogens with one attached hydrogen (secondary N) is 1. The molecule has 1 aromatic heterocycles. The third-order valence-electron chi connectivity index (χ3n) is 2.63. The maximum atomic E-state index is 11.3. The number of hydrogen-bond donors (Lipinski definition) is 1. The molecule has 0 amide bonds. The Labute approximate surface area is 127 Å². The molecule has 1 N–H and O–H groups in total. The summed E-state index contributed by atoms with van der Waals surface area (Å²) < 4.78 is 4.88. The van der Waals surface area contributed by atoms with Crippen molar-refractivity contribution in [3.05, 3.63) is 46.5 Å². The first kappa shape index (κ1) is 15.2. The highest BCUT2D eigenvalue weighted by atomic mass is 32.1. The lowest BCUT2D eigenvalue weighted by Crippen LogP contribution is -2.07. The number of thiazole rings is 1. The zero-order chi connectivity index (χ0) is 15.1. The average molecular weight is 303 g/mol. The van der Waals surface area contributed by atoms with E-state index >= 15 is 0 Å². The summed E-state index contributed by atoms with van der Waals surface area (Å²) in [6, 6.07) is 8.05. The lowest BCUT2D eigenvalue weighted by atomic mass is 10.2. The van der Waals surface area contributed by atoms with Crippen molar-refractivity contribution < 1.29 is 9.53 Å². The van der Waals surface area contributed by atoms with E-state index in [-0.39, 0.29) is 12.4 Å². The minimum atomic E-state index is -0.266. The molecule has 1 heterocycles. The molecule has 0 spiro atoms. The average Bonchev–Trinajstić information content (AvgIpc) is 2.89. The molecule has 0 radical (unpaired) electrons. The summed E-state index contributed by atoms with van der Waals surface area (Å²) >= 11 is 1.40. The van der Waals surface area contributed by atoms with Gasteiger partial charge < -0.3 is 4.74 Å². The Bertz CT molecular complexity index is 620. The van der Waals surface area contributed by atoms with Crippen LogP contribution in [0.3, 0.4) is 0 Å². The lowest BCUT2D eigenvalue weighted by molar-refractivity contribution is -0.142. The number of rotatable bonds is 6. The van der Waals surface area contributed by atoms with Crippen LogP contribution >= 0.6 is 11.3 Å². The Hall–Kier alpha value is -2.21. The summed E-state index contributed by atoms with van der Waals surface area (Å²) in [6.07, 6.45) is 1.92. The number of aromatic nitrogens is 1. The summed E-state index contributed by atoms with van der Waals surface area (Å²) in [7, 11) is 0. The predicted octanol–water partition coefficient (Wildman–Crippen LogP) is 3.00. The summed E-state index contributed by atoms with van der Waals surface area (Å²) in [4.78, 5) is 15.6.